The Hall–Kier alpha value is -1.10. The van der Waals surface area contributed by atoms with Crippen LogP contribution >= 0.6 is 0 Å². The molecule has 0 spiro atoms. The molecule has 0 atom stereocenters. The van der Waals surface area contributed by atoms with Gasteiger partial charge in [0.25, 0.3) is 5.54 Å². The van der Waals surface area contributed by atoms with Crippen LogP contribution in [0.2, 0.25) is 0 Å². The highest BCUT2D eigenvalue weighted by molar-refractivity contribution is 6.01. The minimum Gasteiger partial charge on any atom is -0.476 e. The number of carboxylic acids is 2. The lowest BCUT2D eigenvalue weighted by Crippen LogP contribution is -2.70. The largest absolute Gasteiger partial charge is 0.476 e. The van der Waals surface area contributed by atoms with Crippen molar-refractivity contribution in [1.82, 2.24) is 0 Å². The third kappa shape index (κ3) is 6.61. The van der Waals surface area contributed by atoms with Crippen molar-refractivity contribution in [3.63, 3.8) is 0 Å². The summed E-state index contributed by atoms with van der Waals surface area (Å²) in [7, 11) is 3.42. The average molecular weight is 359 g/mol. The molecule has 148 valence electrons. The Balaban J connectivity index is 4.44. The standard InChI is InChI=1S/C20H39NO4/c1-6-7-8-9-10-11-12-13-14-15-16-20(18(22)23,19(24)25)21(4,5)17(2)3/h17H,6-16H2,1-5H3,(H-,22,23,24,25)/p+1. The zero-order chi connectivity index (χ0) is 19.5. The summed E-state index contributed by atoms with van der Waals surface area (Å²) in [6.45, 7) is 5.96. The van der Waals surface area contributed by atoms with Gasteiger partial charge in [0, 0.05) is 6.42 Å². The van der Waals surface area contributed by atoms with E-state index in [1.54, 1.807) is 14.1 Å². The first-order chi connectivity index (χ1) is 11.6. The van der Waals surface area contributed by atoms with Gasteiger partial charge in [0.2, 0.25) is 0 Å². The van der Waals surface area contributed by atoms with E-state index in [1.165, 1.54) is 38.5 Å². The molecule has 0 amide bonds. The van der Waals surface area contributed by atoms with Crippen LogP contribution in [0.25, 0.3) is 0 Å². The first-order valence-corrected chi connectivity index (χ1v) is 9.95. The molecule has 2 N–H and O–H groups in total. The van der Waals surface area contributed by atoms with Gasteiger partial charge in [-0.15, -0.1) is 0 Å². The molecule has 0 radical (unpaired) electrons. The van der Waals surface area contributed by atoms with Crippen LogP contribution in [0.15, 0.2) is 0 Å². The third-order valence-corrected chi connectivity index (χ3v) is 5.87. The third-order valence-electron chi connectivity index (χ3n) is 5.87. The van der Waals surface area contributed by atoms with Crippen LogP contribution in [0.4, 0.5) is 0 Å². The zero-order valence-electron chi connectivity index (χ0n) is 17.0. The van der Waals surface area contributed by atoms with E-state index in [4.69, 9.17) is 0 Å². The van der Waals surface area contributed by atoms with E-state index in [0.29, 0.717) is 6.42 Å². The van der Waals surface area contributed by atoms with Gasteiger partial charge in [-0.3, -0.25) is 0 Å². The second kappa shape index (κ2) is 11.5. The van der Waals surface area contributed by atoms with Gasteiger partial charge in [-0.05, 0) is 20.3 Å². The number of hydrogen-bond donors (Lipinski definition) is 2. The maximum absolute atomic E-state index is 11.9. The van der Waals surface area contributed by atoms with Gasteiger partial charge in [0.15, 0.2) is 0 Å². The molecule has 0 unspecified atom stereocenters. The monoisotopic (exact) mass is 358 g/mol. The molecule has 0 aliphatic heterocycles. The molecule has 0 aliphatic carbocycles. The molecule has 5 heteroatoms. The van der Waals surface area contributed by atoms with Crippen molar-refractivity contribution in [2.45, 2.75) is 103 Å². The minimum atomic E-state index is -1.77. The molecule has 0 aromatic carbocycles. The molecular weight excluding hydrogens is 318 g/mol. The number of aliphatic carboxylic acids is 2. The van der Waals surface area contributed by atoms with Gasteiger partial charge in [-0.25, -0.2) is 9.59 Å². The summed E-state index contributed by atoms with van der Waals surface area (Å²) in [4.78, 5) is 23.8. The SMILES string of the molecule is CCCCCCCCCCCCC(C(=O)O)(C(=O)O)[N+](C)(C)C(C)C. The number of nitrogens with zero attached hydrogens (tertiary/aromatic N) is 1. The highest BCUT2D eigenvalue weighted by atomic mass is 16.4. The molecule has 25 heavy (non-hydrogen) atoms. The Morgan fingerprint density at radius 3 is 1.48 bits per heavy atom. The van der Waals surface area contributed by atoms with Crippen molar-refractivity contribution in [3.8, 4) is 0 Å². The highest BCUT2D eigenvalue weighted by Gasteiger charge is 2.60. The van der Waals surface area contributed by atoms with Crippen LogP contribution in [-0.4, -0.2) is 52.3 Å². The van der Waals surface area contributed by atoms with Crippen LogP contribution < -0.4 is 0 Å². The van der Waals surface area contributed by atoms with Gasteiger partial charge in [-0.1, -0.05) is 64.7 Å². The summed E-state index contributed by atoms with van der Waals surface area (Å²) in [5, 5.41) is 19.5. The Morgan fingerprint density at radius 1 is 0.800 bits per heavy atom. The topological polar surface area (TPSA) is 74.6 Å². The normalized spacial score (nSPS) is 12.6. The molecule has 0 aromatic rings. The second-order valence-electron chi connectivity index (χ2n) is 8.04. The lowest BCUT2D eigenvalue weighted by molar-refractivity contribution is -0.943. The lowest BCUT2D eigenvalue weighted by Gasteiger charge is -2.45. The quantitative estimate of drug-likeness (QED) is 0.253. The summed E-state index contributed by atoms with van der Waals surface area (Å²) in [6, 6.07) is -0.0877. The highest BCUT2D eigenvalue weighted by Crippen LogP contribution is 2.31. The van der Waals surface area contributed by atoms with E-state index in [2.05, 4.69) is 6.92 Å². The number of likely N-dealkylation sites (N-methyl/N-ethyl adjacent to an activating group) is 1. The van der Waals surface area contributed by atoms with E-state index < -0.39 is 17.5 Å². The van der Waals surface area contributed by atoms with Crippen molar-refractivity contribution < 1.29 is 24.3 Å². The maximum Gasteiger partial charge on any atom is 0.377 e. The molecule has 5 nitrogen and oxygen atoms in total. The molecule has 0 saturated heterocycles. The van der Waals surface area contributed by atoms with Gasteiger partial charge in [-0.2, -0.15) is 0 Å². The van der Waals surface area contributed by atoms with E-state index in [9.17, 15) is 19.8 Å². The second-order valence-corrected chi connectivity index (χ2v) is 8.04. The van der Waals surface area contributed by atoms with Gasteiger partial charge >= 0.3 is 11.9 Å². The first-order valence-electron chi connectivity index (χ1n) is 9.95. The predicted octanol–water partition coefficient (Wildman–Crippen LogP) is 4.69. The van der Waals surface area contributed by atoms with Crippen LogP contribution in [0.1, 0.15) is 91.4 Å². The van der Waals surface area contributed by atoms with E-state index in [1.807, 2.05) is 13.8 Å². The lowest BCUT2D eigenvalue weighted by atomic mass is 9.86. The molecular formula is C20H40NO4+. The van der Waals surface area contributed by atoms with Crippen LogP contribution in [-0.2, 0) is 9.59 Å². The van der Waals surface area contributed by atoms with Gasteiger partial charge in [0.05, 0.1) is 20.1 Å². The van der Waals surface area contributed by atoms with Crippen molar-refractivity contribution >= 4 is 11.9 Å². The van der Waals surface area contributed by atoms with E-state index in [0.717, 1.165) is 19.3 Å². The van der Waals surface area contributed by atoms with Crippen molar-refractivity contribution in [2.75, 3.05) is 14.1 Å². The molecule has 0 aromatic heterocycles. The fraction of sp³-hybridized carbons (Fsp3) is 0.900. The van der Waals surface area contributed by atoms with Crippen molar-refractivity contribution in [1.29, 1.82) is 0 Å². The molecule has 0 heterocycles. The molecule has 0 rings (SSSR count). The molecule has 0 saturated carbocycles. The molecule has 0 fully saturated rings. The molecule has 0 bridgehead atoms. The number of carbonyl (C=O) groups is 2. The maximum atomic E-state index is 11.9. The fourth-order valence-corrected chi connectivity index (χ4v) is 3.40. The van der Waals surface area contributed by atoms with Crippen molar-refractivity contribution in [2.24, 2.45) is 0 Å². The average Bonchev–Trinajstić information content (AvgIpc) is 2.51. The summed E-state index contributed by atoms with van der Waals surface area (Å²) in [5.74, 6) is -2.45. The number of hydrogen-bond acceptors (Lipinski definition) is 2. The summed E-state index contributed by atoms with van der Waals surface area (Å²) >= 11 is 0. The van der Waals surface area contributed by atoms with Crippen LogP contribution in [0.3, 0.4) is 0 Å². The summed E-state index contributed by atoms with van der Waals surface area (Å²) in [6.07, 6.45) is 11.6. The van der Waals surface area contributed by atoms with Crippen LogP contribution in [0.5, 0.6) is 0 Å². The van der Waals surface area contributed by atoms with E-state index in [-0.39, 0.29) is 16.9 Å². The number of rotatable bonds is 15. The number of quaternary nitrogens is 1. The van der Waals surface area contributed by atoms with Crippen LogP contribution in [0, 0.1) is 0 Å². The zero-order valence-corrected chi connectivity index (χ0v) is 17.0. The Morgan fingerprint density at radius 2 is 1.16 bits per heavy atom. The van der Waals surface area contributed by atoms with Gasteiger partial charge < -0.3 is 14.7 Å². The Labute approximate surface area is 154 Å². The smallest absolute Gasteiger partial charge is 0.377 e. The number of carboxylic acid groups (broad SMARTS) is 2. The fourth-order valence-electron chi connectivity index (χ4n) is 3.40. The van der Waals surface area contributed by atoms with E-state index >= 15 is 0 Å². The summed E-state index contributed by atoms with van der Waals surface area (Å²) < 4.78 is -0.0465. The first kappa shape index (κ1) is 23.9. The predicted molar refractivity (Wildman–Crippen MR) is 102 cm³/mol. The molecule has 0 aliphatic rings. The minimum absolute atomic E-state index is 0.0465. The summed E-state index contributed by atoms with van der Waals surface area (Å²) in [5.41, 5.74) is -1.77. The van der Waals surface area contributed by atoms with Gasteiger partial charge in [0.1, 0.15) is 0 Å². The Bertz CT molecular complexity index is 391. The Kier molecular flexibility index (Phi) is 11.0. The number of unbranched alkanes of at least 4 members (excludes halogenated alkanes) is 9. The van der Waals surface area contributed by atoms with Crippen molar-refractivity contribution in [3.05, 3.63) is 0 Å².